The standard InChI is InChI=1S/C17H16ClN5O3/c1-25-14-7-11(8-15(9-14)26-2)17(24)19-10-16-20-21-22-23(16)13-5-3-12(18)4-6-13/h3-9H,10H2,1-2H3,(H,19,24). The fourth-order valence-corrected chi connectivity index (χ4v) is 2.42. The minimum absolute atomic E-state index is 0.147. The van der Waals surface area contributed by atoms with Crippen molar-refractivity contribution in [3.63, 3.8) is 0 Å². The second kappa shape index (κ2) is 7.83. The molecule has 1 amide bonds. The van der Waals surface area contributed by atoms with Crippen LogP contribution in [0.1, 0.15) is 16.2 Å². The van der Waals surface area contributed by atoms with Crippen LogP contribution in [0.5, 0.6) is 11.5 Å². The van der Waals surface area contributed by atoms with Crippen LogP contribution in [0.25, 0.3) is 5.69 Å². The van der Waals surface area contributed by atoms with Crippen molar-refractivity contribution < 1.29 is 14.3 Å². The number of aromatic nitrogens is 4. The van der Waals surface area contributed by atoms with Gasteiger partial charge in [0, 0.05) is 16.7 Å². The number of halogens is 1. The first-order chi connectivity index (χ1) is 12.6. The number of amides is 1. The molecule has 0 saturated carbocycles. The highest BCUT2D eigenvalue weighted by atomic mass is 35.5. The Morgan fingerprint density at radius 3 is 2.38 bits per heavy atom. The third-order valence-corrected chi connectivity index (χ3v) is 3.88. The van der Waals surface area contributed by atoms with Crippen molar-refractivity contribution in [2.24, 2.45) is 0 Å². The maximum Gasteiger partial charge on any atom is 0.251 e. The average Bonchev–Trinajstić information content (AvgIpc) is 3.14. The number of hydrogen-bond donors (Lipinski definition) is 1. The minimum Gasteiger partial charge on any atom is -0.497 e. The van der Waals surface area contributed by atoms with Crippen LogP contribution < -0.4 is 14.8 Å². The average molecular weight is 374 g/mol. The molecular weight excluding hydrogens is 358 g/mol. The summed E-state index contributed by atoms with van der Waals surface area (Å²) in [6.45, 7) is 0.147. The Kier molecular flexibility index (Phi) is 5.33. The number of rotatable bonds is 6. The summed E-state index contributed by atoms with van der Waals surface area (Å²) >= 11 is 5.89. The van der Waals surface area contributed by atoms with E-state index in [9.17, 15) is 4.79 Å². The van der Waals surface area contributed by atoms with Crippen molar-refractivity contribution in [1.29, 1.82) is 0 Å². The minimum atomic E-state index is -0.298. The van der Waals surface area contributed by atoms with Crippen LogP contribution in [-0.4, -0.2) is 40.3 Å². The summed E-state index contributed by atoms with van der Waals surface area (Å²) in [5.74, 6) is 1.24. The molecule has 1 aromatic heterocycles. The van der Waals surface area contributed by atoms with Gasteiger partial charge in [-0.2, -0.15) is 4.68 Å². The topological polar surface area (TPSA) is 91.2 Å². The fourth-order valence-electron chi connectivity index (χ4n) is 2.30. The molecule has 9 heteroatoms. The Bertz CT molecular complexity index is 889. The van der Waals surface area contributed by atoms with E-state index in [4.69, 9.17) is 21.1 Å². The summed E-state index contributed by atoms with van der Waals surface area (Å²) in [5, 5.41) is 15.0. The number of carbonyl (C=O) groups is 1. The Labute approximate surface area is 154 Å². The molecule has 0 bridgehead atoms. The first kappa shape index (κ1) is 17.7. The third-order valence-electron chi connectivity index (χ3n) is 3.63. The molecule has 0 fully saturated rings. The molecule has 0 aliphatic carbocycles. The highest BCUT2D eigenvalue weighted by Crippen LogP contribution is 2.22. The smallest absolute Gasteiger partial charge is 0.251 e. The van der Waals surface area contributed by atoms with Gasteiger partial charge in [-0.05, 0) is 46.8 Å². The van der Waals surface area contributed by atoms with Crippen molar-refractivity contribution in [2.45, 2.75) is 6.54 Å². The highest BCUT2D eigenvalue weighted by Gasteiger charge is 2.13. The van der Waals surface area contributed by atoms with E-state index in [1.165, 1.54) is 18.9 Å². The van der Waals surface area contributed by atoms with Crippen molar-refractivity contribution in [3.05, 3.63) is 58.9 Å². The van der Waals surface area contributed by atoms with Gasteiger partial charge >= 0.3 is 0 Å². The van der Waals surface area contributed by atoms with E-state index in [1.54, 1.807) is 42.5 Å². The summed E-state index contributed by atoms with van der Waals surface area (Å²) < 4.78 is 11.9. The zero-order chi connectivity index (χ0) is 18.5. The van der Waals surface area contributed by atoms with Gasteiger partial charge in [0.05, 0.1) is 26.5 Å². The molecule has 2 aromatic carbocycles. The highest BCUT2D eigenvalue weighted by molar-refractivity contribution is 6.30. The SMILES string of the molecule is COc1cc(OC)cc(C(=O)NCc2nnnn2-c2ccc(Cl)cc2)c1. The lowest BCUT2D eigenvalue weighted by Gasteiger charge is -2.09. The molecule has 0 aliphatic heterocycles. The van der Waals surface area contributed by atoms with E-state index >= 15 is 0 Å². The van der Waals surface area contributed by atoms with E-state index in [2.05, 4.69) is 20.8 Å². The van der Waals surface area contributed by atoms with Crippen LogP contribution in [0.3, 0.4) is 0 Å². The second-order valence-corrected chi connectivity index (χ2v) is 5.70. The largest absolute Gasteiger partial charge is 0.497 e. The van der Waals surface area contributed by atoms with Crippen LogP contribution in [0.15, 0.2) is 42.5 Å². The van der Waals surface area contributed by atoms with Crippen molar-refractivity contribution in [1.82, 2.24) is 25.5 Å². The van der Waals surface area contributed by atoms with E-state index in [1.807, 2.05) is 0 Å². The van der Waals surface area contributed by atoms with Crippen LogP contribution in [0.2, 0.25) is 5.02 Å². The van der Waals surface area contributed by atoms with Crippen molar-refractivity contribution in [3.8, 4) is 17.2 Å². The molecule has 0 spiro atoms. The van der Waals surface area contributed by atoms with Crippen LogP contribution in [-0.2, 0) is 6.54 Å². The number of methoxy groups -OCH3 is 2. The van der Waals surface area contributed by atoms with Gasteiger partial charge in [0.15, 0.2) is 5.82 Å². The maximum absolute atomic E-state index is 12.5. The molecule has 26 heavy (non-hydrogen) atoms. The summed E-state index contributed by atoms with van der Waals surface area (Å²) in [6.07, 6.45) is 0. The number of benzene rings is 2. The summed E-state index contributed by atoms with van der Waals surface area (Å²) in [7, 11) is 3.05. The number of ether oxygens (including phenoxy) is 2. The van der Waals surface area contributed by atoms with Gasteiger partial charge in [-0.3, -0.25) is 4.79 Å². The number of tetrazole rings is 1. The van der Waals surface area contributed by atoms with Gasteiger partial charge in [0.2, 0.25) is 0 Å². The zero-order valence-electron chi connectivity index (χ0n) is 14.1. The Morgan fingerprint density at radius 2 is 1.77 bits per heavy atom. The summed E-state index contributed by atoms with van der Waals surface area (Å²) in [5.41, 5.74) is 1.15. The van der Waals surface area contributed by atoms with Gasteiger partial charge in [-0.25, -0.2) is 0 Å². The molecule has 0 aliphatic rings. The lowest BCUT2D eigenvalue weighted by atomic mass is 10.2. The molecule has 134 valence electrons. The molecule has 0 atom stereocenters. The molecular formula is C17H16ClN5O3. The molecule has 1 N–H and O–H groups in total. The molecule has 1 heterocycles. The molecule has 3 rings (SSSR count). The van der Waals surface area contributed by atoms with Gasteiger partial charge < -0.3 is 14.8 Å². The van der Waals surface area contributed by atoms with Gasteiger partial charge in [-0.1, -0.05) is 11.6 Å². The van der Waals surface area contributed by atoms with E-state index in [0.717, 1.165) is 5.69 Å². The number of hydrogen-bond acceptors (Lipinski definition) is 6. The first-order valence-electron chi connectivity index (χ1n) is 7.65. The van der Waals surface area contributed by atoms with Crippen molar-refractivity contribution in [2.75, 3.05) is 14.2 Å². The van der Waals surface area contributed by atoms with E-state index in [-0.39, 0.29) is 12.5 Å². The maximum atomic E-state index is 12.5. The molecule has 3 aromatic rings. The molecule has 8 nitrogen and oxygen atoms in total. The summed E-state index contributed by atoms with van der Waals surface area (Å²) in [6, 6.07) is 12.0. The lowest BCUT2D eigenvalue weighted by Crippen LogP contribution is -2.24. The van der Waals surface area contributed by atoms with Crippen molar-refractivity contribution >= 4 is 17.5 Å². The number of nitrogens with zero attached hydrogens (tertiary/aromatic N) is 4. The van der Waals surface area contributed by atoms with Gasteiger partial charge in [0.1, 0.15) is 11.5 Å². The predicted octanol–water partition coefficient (Wildman–Crippen LogP) is 2.26. The monoisotopic (exact) mass is 373 g/mol. The Morgan fingerprint density at radius 1 is 1.12 bits per heavy atom. The normalized spacial score (nSPS) is 10.4. The quantitative estimate of drug-likeness (QED) is 0.712. The van der Waals surface area contributed by atoms with Crippen LogP contribution in [0.4, 0.5) is 0 Å². The van der Waals surface area contributed by atoms with E-state index in [0.29, 0.717) is 27.9 Å². The second-order valence-electron chi connectivity index (χ2n) is 5.27. The van der Waals surface area contributed by atoms with Crippen LogP contribution in [0, 0.1) is 0 Å². The molecule has 0 unspecified atom stereocenters. The zero-order valence-corrected chi connectivity index (χ0v) is 14.9. The number of carbonyl (C=O) groups excluding carboxylic acids is 1. The molecule has 0 saturated heterocycles. The summed E-state index contributed by atoms with van der Waals surface area (Å²) in [4.78, 5) is 12.5. The third kappa shape index (κ3) is 3.92. The van der Waals surface area contributed by atoms with E-state index < -0.39 is 0 Å². The number of nitrogens with one attached hydrogen (secondary N) is 1. The van der Waals surface area contributed by atoms with Gasteiger partial charge in [0.25, 0.3) is 5.91 Å². The molecule has 0 radical (unpaired) electrons. The first-order valence-corrected chi connectivity index (χ1v) is 8.03. The van der Waals surface area contributed by atoms with Crippen LogP contribution >= 0.6 is 11.6 Å². The Balaban J connectivity index is 1.75. The fraction of sp³-hybridized carbons (Fsp3) is 0.176. The lowest BCUT2D eigenvalue weighted by molar-refractivity contribution is 0.0949. The van der Waals surface area contributed by atoms with Gasteiger partial charge in [-0.15, -0.1) is 5.10 Å². The Hall–Kier alpha value is -3.13. The predicted molar refractivity (Wildman–Crippen MR) is 94.9 cm³/mol.